The zero-order valence-electron chi connectivity index (χ0n) is 19.5. The second-order valence-electron chi connectivity index (χ2n) is 8.79. The van der Waals surface area contributed by atoms with Crippen molar-refractivity contribution in [1.82, 2.24) is 14.1 Å². The second kappa shape index (κ2) is 8.20. The van der Waals surface area contributed by atoms with Crippen LogP contribution in [0.2, 0.25) is 0 Å². The van der Waals surface area contributed by atoms with Crippen LogP contribution in [0.25, 0.3) is 22.0 Å². The number of terminal acetylenes is 1. The monoisotopic (exact) mass is 443 g/mol. The van der Waals surface area contributed by atoms with Crippen LogP contribution >= 0.6 is 0 Å². The van der Waals surface area contributed by atoms with Crippen LogP contribution in [0.1, 0.15) is 29.3 Å². The normalized spacial score (nSPS) is 12.9. The Kier molecular flexibility index (Phi) is 5.18. The predicted molar refractivity (Wildman–Crippen MR) is 138 cm³/mol. The van der Waals surface area contributed by atoms with E-state index in [1.807, 2.05) is 63.0 Å². The zero-order valence-corrected chi connectivity index (χ0v) is 19.5. The fourth-order valence-corrected chi connectivity index (χ4v) is 4.86. The molecule has 0 N–H and O–H groups in total. The average Bonchev–Trinajstić information content (AvgIpc) is 3.32. The molecule has 34 heavy (non-hydrogen) atoms. The summed E-state index contributed by atoms with van der Waals surface area (Å²) in [5.74, 6) is 2.70. The number of aromatic nitrogens is 3. The van der Waals surface area contributed by atoms with Gasteiger partial charge in [0, 0.05) is 37.3 Å². The molecule has 4 nitrogen and oxygen atoms in total. The first-order valence-corrected chi connectivity index (χ1v) is 11.2. The number of hydrogen-bond acceptors (Lipinski definition) is 2. The van der Waals surface area contributed by atoms with Gasteiger partial charge in [-0.1, -0.05) is 54.5 Å². The van der Waals surface area contributed by atoms with Crippen molar-refractivity contribution in [2.45, 2.75) is 12.3 Å². The number of hydrogen-bond donors (Lipinski definition) is 0. The van der Waals surface area contributed by atoms with Gasteiger partial charge >= 0.3 is 0 Å². The minimum Gasteiger partial charge on any atom is -0.337 e. The molecule has 0 aliphatic heterocycles. The highest BCUT2D eigenvalue weighted by Crippen LogP contribution is 2.40. The maximum atomic E-state index is 12.8. The molecule has 0 saturated carbocycles. The van der Waals surface area contributed by atoms with Crippen LogP contribution in [0.5, 0.6) is 0 Å². The summed E-state index contributed by atoms with van der Waals surface area (Å²) in [5.41, 5.74) is 6.31. The summed E-state index contributed by atoms with van der Waals surface area (Å²) in [6.45, 7) is 2.22. The zero-order chi connectivity index (χ0) is 23.9. The lowest BCUT2D eigenvalue weighted by atomic mass is 9.73. The van der Waals surface area contributed by atoms with Crippen LogP contribution in [-0.2, 0) is 19.5 Å². The average molecular weight is 444 g/mol. The van der Waals surface area contributed by atoms with Crippen LogP contribution in [-0.4, -0.2) is 14.1 Å². The van der Waals surface area contributed by atoms with Crippen LogP contribution in [0, 0.1) is 12.3 Å². The van der Waals surface area contributed by atoms with E-state index in [0.29, 0.717) is 0 Å². The fourth-order valence-electron chi connectivity index (χ4n) is 4.86. The molecule has 0 saturated heterocycles. The third-order valence-corrected chi connectivity index (χ3v) is 6.84. The van der Waals surface area contributed by atoms with Gasteiger partial charge in [0.1, 0.15) is 0 Å². The van der Waals surface area contributed by atoms with Crippen LogP contribution in [0.3, 0.4) is 0 Å². The van der Waals surface area contributed by atoms with Gasteiger partial charge in [0.05, 0.1) is 23.0 Å². The molecule has 0 spiro atoms. The summed E-state index contributed by atoms with van der Waals surface area (Å²) in [6, 6.07) is 26.3. The number of benzene rings is 3. The quantitative estimate of drug-likeness (QED) is 0.355. The highest BCUT2D eigenvalue weighted by atomic mass is 16.1. The molecule has 0 aliphatic rings. The lowest BCUT2D eigenvalue weighted by molar-refractivity contribution is 0.626. The highest BCUT2D eigenvalue weighted by Gasteiger charge is 2.34. The lowest BCUT2D eigenvalue weighted by Crippen LogP contribution is -2.28. The Morgan fingerprint density at radius 1 is 0.912 bits per heavy atom. The molecule has 2 heterocycles. The van der Waals surface area contributed by atoms with E-state index in [4.69, 9.17) is 6.42 Å². The van der Waals surface area contributed by atoms with Crippen molar-refractivity contribution < 1.29 is 0 Å². The van der Waals surface area contributed by atoms with Crippen molar-refractivity contribution in [3.63, 3.8) is 0 Å². The Morgan fingerprint density at radius 3 is 2.41 bits per heavy atom. The van der Waals surface area contributed by atoms with Crippen LogP contribution < -0.4 is 5.56 Å². The minimum atomic E-state index is -0.451. The van der Waals surface area contributed by atoms with Crippen LogP contribution in [0.15, 0.2) is 96.2 Å². The van der Waals surface area contributed by atoms with Gasteiger partial charge in [-0.05, 0) is 53.4 Å². The predicted octanol–water partition coefficient (Wildman–Crippen LogP) is 5.27. The minimum absolute atomic E-state index is 0.0567. The van der Waals surface area contributed by atoms with Crippen molar-refractivity contribution in [1.29, 1.82) is 0 Å². The van der Waals surface area contributed by atoms with E-state index >= 15 is 0 Å². The number of nitrogens with zero attached hydrogens (tertiary/aromatic N) is 3. The molecule has 166 valence electrons. The molecule has 3 aromatic carbocycles. The summed E-state index contributed by atoms with van der Waals surface area (Å²) in [5, 5.41) is 0.998. The molecule has 5 aromatic rings. The summed E-state index contributed by atoms with van der Waals surface area (Å²) < 4.78 is 3.76. The van der Waals surface area contributed by atoms with Crippen molar-refractivity contribution in [3.8, 4) is 23.5 Å². The van der Waals surface area contributed by atoms with Gasteiger partial charge < -0.3 is 9.13 Å². The van der Waals surface area contributed by atoms with Crippen LogP contribution in [0.4, 0.5) is 0 Å². The Morgan fingerprint density at radius 2 is 1.71 bits per heavy atom. The maximum absolute atomic E-state index is 12.8. The largest absolute Gasteiger partial charge is 0.337 e. The summed E-state index contributed by atoms with van der Waals surface area (Å²) in [4.78, 5) is 17.2. The summed E-state index contributed by atoms with van der Waals surface area (Å²) in [6.07, 6.45) is 9.41. The molecule has 2 aromatic heterocycles. The molecule has 0 bridgehead atoms. The molecular formula is C30H25N3O. The van der Waals surface area contributed by atoms with Crippen molar-refractivity contribution >= 4 is 10.9 Å². The number of aryl methyl sites for hydroxylation is 2. The number of imidazole rings is 1. The van der Waals surface area contributed by atoms with Gasteiger partial charge in [0.15, 0.2) is 0 Å². The van der Waals surface area contributed by atoms with Gasteiger partial charge in [-0.3, -0.25) is 4.79 Å². The van der Waals surface area contributed by atoms with Gasteiger partial charge in [0.2, 0.25) is 0 Å². The second-order valence-corrected chi connectivity index (χ2v) is 8.79. The Balaban J connectivity index is 1.84. The van der Waals surface area contributed by atoms with Crippen molar-refractivity contribution in [2.24, 2.45) is 14.1 Å². The van der Waals surface area contributed by atoms with Crippen molar-refractivity contribution in [3.05, 3.63) is 124 Å². The summed E-state index contributed by atoms with van der Waals surface area (Å²) >= 11 is 0. The molecule has 0 fully saturated rings. The molecule has 4 heteroatoms. The molecule has 0 radical (unpaired) electrons. The Bertz CT molecular complexity index is 1620. The van der Waals surface area contributed by atoms with E-state index < -0.39 is 5.41 Å². The van der Waals surface area contributed by atoms with Gasteiger partial charge in [-0.25, -0.2) is 4.98 Å². The van der Waals surface area contributed by atoms with E-state index in [2.05, 4.69) is 58.8 Å². The fraction of sp³-hybridized carbons (Fsp3) is 0.133. The Hall–Kier alpha value is -4.36. The molecule has 0 unspecified atom stereocenters. The smallest absolute Gasteiger partial charge is 0.251 e. The topological polar surface area (TPSA) is 39.8 Å². The third-order valence-electron chi connectivity index (χ3n) is 6.84. The maximum Gasteiger partial charge on any atom is 0.251 e. The van der Waals surface area contributed by atoms with E-state index in [9.17, 15) is 4.79 Å². The first-order chi connectivity index (χ1) is 16.4. The number of rotatable bonds is 4. The first-order valence-electron chi connectivity index (χ1n) is 11.2. The molecule has 5 rings (SSSR count). The molecular weight excluding hydrogens is 418 g/mol. The molecule has 0 aliphatic carbocycles. The van der Waals surface area contributed by atoms with Gasteiger partial charge in [0.25, 0.3) is 5.56 Å². The highest BCUT2D eigenvalue weighted by molar-refractivity contribution is 5.95. The van der Waals surface area contributed by atoms with E-state index in [0.717, 1.165) is 38.9 Å². The molecule has 0 amide bonds. The first kappa shape index (κ1) is 21.5. The number of pyridine rings is 1. The van der Waals surface area contributed by atoms with Gasteiger partial charge in [-0.2, -0.15) is 0 Å². The SMILES string of the molecule is C#Cc1cccc(-c2cc(=O)n(C)c3ccc([C@](C)(c4ccccc4)c4cncn4C)cc23)c1. The van der Waals surface area contributed by atoms with E-state index in [1.165, 1.54) is 5.56 Å². The molecule has 1 atom stereocenters. The Labute approximate surface area is 199 Å². The standard InChI is InChI=1S/C30H25N3O/c1-5-21-10-9-11-22(16-21)25-18-29(34)33(4)27-15-14-24(17-26(25)27)30(2,23-12-7-6-8-13-23)28-19-31-20-32(28)3/h1,6-20H,2-4H3/t30-/m0/s1. The van der Waals surface area contributed by atoms with E-state index in [-0.39, 0.29) is 5.56 Å². The van der Waals surface area contributed by atoms with Gasteiger partial charge in [-0.15, -0.1) is 6.42 Å². The van der Waals surface area contributed by atoms with Crippen molar-refractivity contribution in [2.75, 3.05) is 0 Å². The summed E-state index contributed by atoms with van der Waals surface area (Å²) in [7, 11) is 3.83. The van der Waals surface area contributed by atoms with E-state index in [1.54, 1.807) is 10.6 Å². The third kappa shape index (κ3) is 3.34. The lowest BCUT2D eigenvalue weighted by Gasteiger charge is -2.32. The number of fused-ring (bicyclic) bond motifs is 1.